The third-order valence-electron chi connectivity index (χ3n) is 4.49. The molecule has 8 heteroatoms. The molecular weight excluding hydrogens is 330 g/mol. The van der Waals surface area contributed by atoms with Gasteiger partial charge in [-0.3, -0.25) is 4.79 Å². The summed E-state index contributed by atoms with van der Waals surface area (Å²) in [4.78, 5) is 14.3. The molecule has 0 aliphatic carbocycles. The van der Waals surface area contributed by atoms with E-state index in [2.05, 4.69) is 0 Å². The predicted octanol–water partition coefficient (Wildman–Crippen LogP) is 0.433. The van der Waals surface area contributed by atoms with Gasteiger partial charge >= 0.3 is 0 Å². The molecule has 0 radical (unpaired) electrons. The fourth-order valence-electron chi connectivity index (χ4n) is 3.34. The van der Waals surface area contributed by atoms with Crippen molar-refractivity contribution in [2.24, 2.45) is 0 Å². The molecule has 1 aromatic rings. The highest BCUT2D eigenvalue weighted by atomic mass is 32.2. The second kappa shape index (κ2) is 6.51. The van der Waals surface area contributed by atoms with E-state index >= 15 is 0 Å². The molecule has 2 aliphatic rings. The van der Waals surface area contributed by atoms with Crippen LogP contribution in [0, 0.1) is 11.3 Å². The lowest BCUT2D eigenvalue weighted by Crippen LogP contribution is -2.61. The van der Waals surface area contributed by atoms with E-state index < -0.39 is 10.0 Å². The zero-order valence-corrected chi connectivity index (χ0v) is 14.2. The summed E-state index contributed by atoms with van der Waals surface area (Å²) in [7, 11) is -3.35. The fraction of sp³-hybridized carbons (Fsp3) is 0.500. The van der Waals surface area contributed by atoms with E-state index in [1.54, 1.807) is 29.2 Å². The molecule has 0 unspecified atom stereocenters. The van der Waals surface area contributed by atoms with Gasteiger partial charge in [0.1, 0.15) is 0 Å². The average Bonchev–Trinajstić information content (AvgIpc) is 2.59. The van der Waals surface area contributed by atoms with Crippen LogP contribution in [-0.2, 0) is 14.8 Å². The van der Waals surface area contributed by atoms with Gasteiger partial charge in [0.05, 0.1) is 36.6 Å². The number of hydrogen-bond donors (Lipinski definition) is 0. The van der Waals surface area contributed by atoms with Crippen LogP contribution in [0.15, 0.2) is 24.3 Å². The quantitative estimate of drug-likeness (QED) is 0.772. The first-order valence-electron chi connectivity index (χ1n) is 7.78. The first-order chi connectivity index (χ1) is 11.4. The standard InChI is InChI=1S/C16H19N3O4S/c1-24(21,22)19-7-8-23-15-5-6-18(11-14(15)19)16(20)13-4-2-3-12(9-13)10-17/h2-4,9,14-15H,5-8,11H2,1H3/t14-,15-/m1/s1. The highest BCUT2D eigenvalue weighted by molar-refractivity contribution is 7.88. The Kier molecular flexibility index (Phi) is 4.58. The van der Waals surface area contributed by atoms with Crippen LogP contribution in [0.5, 0.6) is 0 Å². The Bertz CT molecular complexity index is 787. The Morgan fingerprint density at radius 1 is 1.38 bits per heavy atom. The number of piperidine rings is 1. The summed E-state index contributed by atoms with van der Waals surface area (Å²) < 4.78 is 31.1. The van der Waals surface area contributed by atoms with Crippen LogP contribution in [0.4, 0.5) is 0 Å². The number of nitriles is 1. The molecular formula is C16H19N3O4S. The van der Waals surface area contributed by atoms with Crippen molar-refractivity contribution in [3.05, 3.63) is 35.4 Å². The van der Waals surface area contributed by atoms with Crippen molar-refractivity contribution >= 4 is 15.9 Å². The van der Waals surface area contributed by atoms with Crippen molar-refractivity contribution in [3.8, 4) is 6.07 Å². The minimum Gasteiger partial charge on any atom is -0.375 e. The maximum atomic E-state index is 12.7. The monoisotopic (exact) mass is 349 g/mol. The number of nitrogens with zero attached hydrogens (tertiary/aromatic N) is 3. The Hall–Kier alpha value is -1.95. The fourth-order valence-corrected chi connectivity index (χ4v) is 4.44. The number of likely N-dealkylation sites (tertiary alicyclic amines) is 1. The van der Waals surface area contributed by atoms with Crippen molar-refractivity contribution in [3.63, 3.8) is 0 Å². The number of carbonyl (C=O) groups is 1. The molecule has 0 bridgehead atoms. The highest BCUT2D eigenvalue weighted by Crippen LogP contribution is 2.26. The van der Waals surface area contributed by atoms with Gasteiger partial charge in [-0.15, -0.1) is 0 Å². The summed E-state index contributed by atoms with van der Waals surface area (Å²) in [5, 5.41) is 8.97. The number of morpholine rings is 1. The molecule has 3 rings (SSSR count). The Balaban J connectivity index is 1.81. The van der Waals surface area contributed by atoms with Gasteiger partial charge in [-0.05, 0) is 24.6 Å². The van der Waals surface area contributed by atoms with E-state index in [4.69, 9.17) is 10.00 Å². The number of carbonyl (C=O) groups excluding carboxylic acids is 1. The molecule has 2 heterocycles. The Morgan fingerprint density at radius 3 is 2.88 bits per heavy atom. The Morgan fingerprint density at radius 2 is 2.17 bits per heavy atom. The number of hydrogen-bond acceptors (Lipinski definition) is 5. The van der Waals surface area contributed by atoms with Gasteiger partial charge in [-0.25, -0.2) is 8.42 Å². The lowest BCUT2D eigenvalue weighted by Gasteiger charge is -2.45. The molecule has 0 aromatic heterocycles. The van der Waals surface area contributed by atoms with Gasteiger partial charge in [-0.1, -0.05) is 6.07 Å². The van der Waals surface area contributed by atoms with Crippen molar-refractivity contribution in [2.75, 3.05) is 32.5 Å². The summed E-state index contributed by atoms with van der Waals surface area (Å²) in [6.45, 7) is 1.50. The maximum absolute atomic E-state index is 12.7. The second-order valence-corrected chi connectivity index (χ2v) is 8.02. The number of ether oxygens (including phenoxy) is 1. The molecule has 2 fully saturated rings. The molecule has 0 spiro atoms. The smallest absolute Gasteiger partial charge is 0.253 e. The van der Waals surface area contributed by atoms with Crippen molar-refractivity contribution in [2.45, 2.75) is 18.6 Å². The summed E-state index contributed by atoms with van der Waals surface area (Å²) >= 11 is 0. The first-order valence-corrected chi connectivity index (χ1v) is 9.63. The Labute approximate surface area is 141 Å². The molecule has 2 saturated heterocycles. The minimum absolute atomic E-state index is 0.178. The molecule has 128 valence electrons. The third kappa shape index (κ3) is 3.29. The van der Waals surface area contributed by atoms with E-state index in [0.29, 0.717) is 43.8 Å². The first kappa shape index (κ1) is 16.9. The van der Waals surface area contributed by atoms with Crippen LogP contribution >= 0.6 is 0 Å². The highest BCUT2D eigenvalue weighted by Gasteiger charge is 2.42. The zero-order valence-electron chi connectivity index (χ0n) is 13.4. The number of rotatable bonds is 2. The number of amides is 1. The number of benzene rings is 1. The number of sulfonamides is 1. The largest absolute Gasteiger partial charge is 0.375 e. The predicted molar refractivity (Wildman–Crippen MR) is 86.8 cm³/mol. The van der Waals surface area contributed by atoms with E-state index in [1.165, 1.54) is 10.6 Å². The van der Waals surface area contributed by atoms with Crippen LogP contribution in [-0.4, -0.2) is 68.2 Å². The molecule has 1 aromatic carbocycles. The van der Waals surface area contributed by atoms with Crippen LogP contribution in [0.2, 0.25) is 0 Å². The van der Waals surface area contributed by atoms with Crippen molar-refractivity contribution in [1.29, 1.82) is 5.26 Å². The van der Waals surface area contributed by atoms with Crippen molar-refractivity contribution < 1.29 is 17.9 Å². The van der Waals surface area contributed by atoms with Gasteiger partial charge in [0.2, 0.25) is 10.0 Å². The molecule has 2 atom stereocenters. The molecule has 0 N–H and O–H groups in total. The van der Waals surface area contributed by atoms with Crippen LogP contribution in [0.3, 0.4) is 0 Å². The second-order valence-electron chi connectivity index (χ2n) is 6.08. The van der Waals surface area contributed by atoms with Crippen molar-refractivity contribution in [1.82, 2.24) is 9.21 Å². The third-order valence-corrected chi connectivity index (χ3v) is 5.79. The van der Waals surface area contributed by atoms with E-state index in [-0.39, 0.29) is 18.1 Å². The summed E-state index contributed by atoms with van der Waals surface area (Å²) in [5.74, 6) is -0.190. The van der Waals surface area contributed by atoms with Gasteiger partial charge in [0, 0.05) is 25.2 Å². The zero-order chi connectivity index (χ0) is 17.3. The maximum Gasteiger partial charge on any atom is 0.253 e. The average molecular weight is 349 g/mol. The van der Waals surface area contributed by atoms with Crippen LogP contribution in [0.1, 0.15) is 22.3 Å². The topological polar surface area (TPSA) is 90.7 Å². The summed E-state index contributed by atoms with van der Waals surface area (Å²) in [6, 6.07) is 8.20. The normalized spacial score (nSPS) is 24.9. The molecule has 1 amide bonds. The molecule has 2 aliphatic heterocycles. The summed E-state index contributed by atoms with van der Waals surface area (Å²) in [5.41, 5.74) is 0.865. The van der Waals surface area contributed by atoms with E-state index in [9.17, 15) is 13.2 Å². The van der Waals surface area contributed by atoms with Gasteiger partial charge < -0.3 is 9.64 Å². The van der Waals surface area contributed by atoms with E-state index in [1.807, 2.05) is 6.07 Å². The summed E-state index contributed by atoms with van der Waals surface area (Å²) in [6.07, 6.45) is 1.61. The van der Waals surface area contributed by atoms with Crippen LogP contribution in [0.25, 0.3) is 0 Å². The lowest BCUT2D eigenvalue weighted by atomic mass is 9.99. The molecule has 24 heavy (non-hydrogen) atoms. The molecule has 0 saturated carbocycles. The lowest BCUT2D eigenvalue weighted by molar-refractivity contribution is -0.0704. The minimum atomic E-state index is -3.35. The van der Waals surface area contributed by atoms with Gasteiger partial charge in [-0.2, -0.15) is 9.57 Å². The number of fused-ring (bicyclic) bond motifs is 1. The molecule has 7 nitrogen and oxygen atoms in total. The van der Waals surface area contributed by atoms with Crippen LogP contribution < -0.4 is 0 Å². The van der Waals surface area contributed by atoms with E-state index in [0.717, 1.165) is 0 Å². The van der Waals surface area contributed by atoms with Gasteiger partial charge in [0.25, 0.3) is 5.91 Å². The SMILES string of the molecule is CS(=O)(=O)N1CCO[C@@H]2CCN(C(=O)c3cccc(C#N)c3)C[C@H]21. The van der Waals surface area contributed by atoms with Gasteiger partial charge in [0.15, 0.2) is 0 Å².